The lowest BCUT2D eigenvalue weighted by atomic mass is 10.3. The van der Waals surface area contributed by atoms with Gasteiger partial charge in [0, 0.05) is 24.0 Å². The first-order valence-electron chi connectivity index (χ1n) is 7.23. The van der Waals surface area contributed by atoms with Gasteiger partial charge in [0.1, 0.15) is 5.76 Å². The Hall–Kier alpha value is -2.15. The predicted octanol–water partition coefficient (Wildman–Crippen LogP) is 3.72. The molecule has 0 atom stereocenters. The number of furan rings is 1. The first-order valence-corrected chi connectivity index (χ1v) is 9.04. The van der Waals surface area contributed by atoms with Crippen LogP contribution in [0.5, 0.6) is 0 Å². The van der Waals surface area contributed by atoms with Crippen LogP contribution in [0.15, 0.2) is 76.5 Å². The van der Waals surface area contributed by atoms with Gasteiger partial charge in [0.25, 0.3) is 0 Å². The highest BCUT2D eigenvalue weighted by atomic mass is 35.5. The van der Waals surface area contributed by atoms with E-state index in [9.17, 15) is 8.42 Å². The number of pyridine rings is 1. The van der Waals surface area contributed by atoms with Gasteiger partial charge in [-0.15, -0.1) is 0 Å². The SMILES string of the molecule is O=S(=O)(c1ccc(Cl)cc1)N(Cc1cccnc1)Cc1ccco1. The van der Waals surface area contributed by atoms with Crippen molar-refractivity contribution < 1.29 is 12.8 Å². The van der Waals surface area contributed by atoms with Crippen LogP contribution in [-0.2, 0) is 23.1 Å². The third kappa shape index (κ3) is 3.84. The summed E-state index contributed by atoms with van der Waals surface area (Å²) in [7, 11) is -3.71. The normalized spacial score (nSPS) is 11.8. The largest absolute Gasteiger partial charge is 0.468 e. The molecule has 2 heterocycles. The average molecular weight is 363 g/mol. The number of sulfonamides is 1. The van der Waals surface area contributed by atoms with Crippen LogP contribution in [0.3, 0.4) is 0 Å². The molecule has 1 aromatic carbocycles. The summed E-state index contributed by atoms with van der Waals surface area (Å²) in [5.41, 5.74) is 0.793. The molecule has 0 spiro atoms. The van der Waals surface area contributed by atoms with E-state index in [0.717, 1.165) is 5.56 Å². The number of benzene rings is 1. The second-order valence-corrected chi connectivity index (χ2v) is 7.54. The molecule has 3 aromatic rings. The van der Waals surface area contributed by atoms with Crippen LogP contribution < -0.4 is 0 Å². The Morgan fingerprint density at radius 1 is 1.04 bits per heavy atom. The highest BCUT2D eigenvalue weighted by molar-refractivity contribution is 7.89. The van der Waals surface area contributed by atoms with Gasteiger partial charge in [-0.05, 0) is 48.0 Å². The van der Waals surface area contributed by atoms with Crippen molar-refractivity contribution in [2.24, 2.45) is 0 Å². The zero-order chi connectivity index (χ0) is 17.0. The zero-order valence-corrected chi connectivity index (χ0v) is 14.2. The lowest BCUT2D eigenvalue weighted by Gasteiger charge is -2.21. The van der Waals surface area contributed by atoms with Gasteiger partial charge in [-0.1, -0.05) is 17.7 Å². The summed E-state index contributed by atoms with van der Waals surface area (Å²) in [5.74, 6) is 0.566. The van der Waals surface area contributed by atoms with E-state index in [2.05, 4.69) is 4.98 Å². The van der Waals surface area contributed by atoms with Crippen molar-refractivity contribution in [3.05, 3.63) is 83.5 Å². The Bertz CT molecular complexity index is 879. The van der Waals surface area contributed by atoms with E-state index >= 15 is 0 Å². The molecule has 24 heavy (non-hydrogen) atoms. The predicted molar refractivity (Wildman–Crippen MR) is 90.8 cm³/mol. The fraction of sp³-hybridized carbons (Fsp3) is 0.118. The quantitative estimate of drug-likeness (QED) is 0.670. The fourth-order valence-electron chi connectivity index (χ4n) is 2.25. The van der Waals surface area contributed by atoms with Crippen LogP contribution >= 0.6 is 11.6 Å². The van der Waals surface area contributed by atoms with Crippen LogP contribution in [0, 0.1) is 0 Å². The Morgan fingerprint density at radius 3 is 2.46 bits per heavy atom. The average Bonchev–Trinajstić information content (AvgIpc) is 3.09. The number of halogens is 1. The second-order valence-electron chi connectivity index (χ2n) is 5.17. The molecule has 0 N–H and O–H groups in total. The molecule has 0 saturated carbocycles. The van der Waals surface area contributed by atoms with Crippen molar-refractivity contribution in [1.29, 1.82) is 0 Å². The van der Waals surface area contributed by atoms with Crippen molar-refractivity contribution in [3.8, 4) is 0 Å². The molecule has 0 fully saturated rings. The molecule has 3 rings (SSSR count). The monoisotopic (exact) mass is 362 g/mol. The minimum Gasteiger partial charge on any atom is -0.468 e. The van der Waals surface area contributed by atoms with Crippen LogP contribution in [0.25, 0.3) is 0 Å². The molecule has 2 aromatic heterocycles. The highest BCUT2D eigenvalue weighted by Gasteiger charge is 2.25. The summed E-state index contributed by atoms with van der Waals surface area (Å²) in [6, 6.07) is 13.2. The molecular weight excluding hydrogens is 348 g/mol. The number of rotatable bonds is 6. The molecule has 124 valence electrons. The molecule has 0 bridgehead atoms. The fourth-order valence-corrected chi connectivity index (χ4v) is 3.77. The van der Waals surface area contributed by atoms with Crippen molar-refractivity contribution in [3.63, 3.8) is 0 Å². The van der Waals surface area contributed by atoms with Crippen molar-refractivity contribution in [1.82, 2.24) is 9.29 Å². The molecule has 0 saturated heterocycles. The van der Waals surface area contributed by atoms with Crippen LogP contribution in [0.4, 0.5) is 0 Å². The van der Waals surface area contributed by atoms with E-state index in [1.165, 1.54) is 22.7 Å². The van der Waals surface area contributed by atoms with Crippen molar-refractivity contribution in [2.75, 3.05) is 0 Å². The lowest BCUT2D eigenvalue weighted by molar-refractivity contribution is 0.358. The molecule has 0 unspecified atom stereocenters. The first-order chi connectivity index (χ1) is 11.6. The summed E-state index contributed by atoms with van der Waals surface area (Å²) in [6.45, 7) is 0.326. The van der Waals surface area contributed by atoms with Crippen molar-refractivity contribution >= 4 is 21.6 Å². The maximum Gasteiger partial charge on any atom is 0.243 e. The van der Waals surface area contributed by atoms with E-state index < -0.39 is 10.0 Å². The molecule has 7 heteroatoms. The summed E-state index contributed by atoms with van der Waals surface area (Å²) in [5, 5.41) is 0.485. The van der Waals surface area contributed by atoms with E-state index in [1.807, 2.05) is 6.07 Å². The van der Waals surface area contributed by atoms with Gasteiger partial charge in [-0.2, -0.15) is 4.31 Å². The lowest BCUT2D eigenvalue weighted by Crippen LogP contribution is -2.30. The topological polar surface area (TPSA) is 63.4 Å². The molecular formula is C17H15ClN2O3S. The zero-order valence-electron chi connectivity index (χ0n) is 12.7. The van der Waals surface area contributed by atoms with Gasteiger partial charge in [-0.25, -0.2) is 8.42 Å². The second kappa shape index (κ2) is 7.17. The summed E-state index contributed by atoms with van der Waals surface area (Å²) >= 11 is 5.85. The minimum atomic E-state index is -3.71. The Balaban J connectivity index is 1.94. The minimum absolute atomic E-state index is 0.132. The Morgan fingerprint density at radius 2 is 1.83 bits per heavy atom. The van der Waals surface area contributed by atoms with Crippen LogP contribution in [0.1, 0.15) is 11.3 Å². The molecule has 5 nitrogen and oxygen atoms in total. The smallest absolute Gasteiger partial charge is 0.243 e. The maximum atomic E-state index is 13.0. The Kier molecular flexibility index (Phi) is 4.99. The summed E-state index contributed by atoms with van der Waals surface area (Å²) in [6.07, 6.45) is 4.81. The molecule has 0 aliphatic heterocycles. The molecule has 0 amide bonds. The number of aromatic nitrogens is 1. The summed E-state index contributed by atoms with van der Waals surface area (Å²) in [4.78, 5) is 4.22. The third-order valence-corrected chi connectivity index (χ3v) is 5.50. The molecule has 0 aliphatic rings. The first kappa shape index (κ1) is 16.7. The van der Waals surface area contributed by atoms with Gasteiger partial charge in [-0.3, -0.25) is 4.98 Å². The third-order valence-electron chi connectivity index (χ3n) is 3.45. The highest BCUT2D eigenvalue weighted by Crippen LogP contribution is 2.22. The standard InChI is InChI=1S/C17H15ClN2O3S/c18-15-5-7-17(8-6-15)24(21,22)20(13-16-4-2-10-23-16)12-14-3-1-9-19-11-14/h1-11H,12-13H2. The maximum absolute atomic E-state index is 13.0. The number of hydrogen-bond donors (Lipinski definition) is 0. The van der Waals surface area contributed by atoms with Gasteiger partial charge in [0.15, 0.2) is 0 Å². The van der Waals surface area contributed by atoms with Crippen molar-refractivity contribution in [2.45, 2.75) is 18.0 Å². The molecule has 0 aliphatic carbocycles. The van der Waals surface area contributed by atoms with Crippen LogP contribution in [-0.4, -0.2) is 17.7 Å². The van der Waals surface area contributed by atoms with Crippen LogP contribution in [0.2, 0.25) is 5.02 Å². The Labute approximate surface area is 145 Å². The van der Waals surface area contributed by atoms with E-state index in [0.29, 0.717) is 10.8 Å². The van der Waals surface area contributed by atoms with Gasteiger partial charge >= 0.3 is 0 Å². The summed E-state index contributed by atoms with van der Waals surface area (Å²) < 4.78 is 32.7. The van der Waals surface area contributed by atoms with E-state index in [-0.39, 0.29) is 18.0 Å². The van der Waals surface area contributed by atoms with E-state index in [4.69, 9.17) is 16.0 Å². The molecule has 0 radical (unpaired) electrons. The number of nitrogens with zero attached hydrogens (tertiary/aromatic N) is 2. The van der Waals surface area contributed by atoms with E-state index in [1.54, 1.807) is 42.7 Å². The van der Waals surface area contributed by atoms with Gasteiger partial charge in [0.05, 0.1) is 17.7 Å². The van der Waals surface area contributed by atoms with Gasteiger partial charge in [0.2, 0.25) is 10.0 Å². The number of hydrogen-bond acceptors (Lipinski definition) is 4. The van der Waals surface area contributed by atoms with Gasteiger partial charge < -0.3 is 4.42 Å².